The van der Waals surface area contributed by atoms with E-state index in [0.29, 0.717) is 14.8 Å². The summed E-state index contributed by atoms with van der Waals surface area (Å²) in [6.45, 7) is 5.35. The highest BCUT2D eigenvalue weighted by atomic mass is 32.2. The molecule has 2 aliphatic rings. The quantitative estimate of drug-likeness (QED) is 0.467. The molecule has 0 spiro atoms. The number of thiocarbonyl (C=S) groups is 1. The van der Waals surface area contributed by atoms with E-state index >= 15 is 0 Å². The van der Waals surface area contributed by atoms with Crippen LogP contribution in [0.2, 0.25) is 0 Å². The number of carbonyl (C=O) groups excluding carboxylic acids is 1. The van der Waals surface area contributed by atoms with E-state index in [4.69, 9.17) is 12.2 Å². The van der Waals surface area contributed by atoms with Crippen LogP contribution in [0.5, 0.6) is 0 Å². The van der Waals surface area contributed by atoms with Crippen molar-refractivity contribution in [2.24, 2.45) is 7.05 Å². The second-order valence-electron chi connectivity index (χ2n) is 7.95. The average molecular weight is 497 g/mol. The Bertz CT molecular complexity index is 1240. The highest BCUT2D eigenvalue weighted by Gasteiger charge is 2.36. The number of pyridine rings is 1. The first kappa shape index (κ1) is 23.6. The van der Waals surface area contributed by atoms with E-state index in [1.165, 1.54) is 11.8 Å². The first-order valence-electron chi connectivity index (χ1n) is 10.6. The van der Waals surface area contributed by atoms with Crippen molar-refractivity contribution in [3.05, 3.63) is 67.8 Å². The van der Waals surface area contributed by atoms with E-state index < -0.39 is 0 Å². The monoisotopic (exact) mass is 496 g/mol. The van der Waals surface area contributed by atoms with Gasteiger partial charge in [0, 0.05) is 37.2 Å². The fraction of sp³-hybridized carbons (Fsp3) is 0.333. The molecule has 0 radical (unpaired) electrons. The van der Waals surface area contributed by atoms with Gasteiger partial charge in [0.25, 0.3) is 11.5 Å². The van der Waals surface area contributed by atoms with Crippen LogP contribution in [-0.4, -0.2) is 44.3 Å². The van der Waals surface area contributed by atoms with Gasteiger partial charge in [-0.25, -0.2) is 0 Å². The summed E-state index contributed by atoms with van der Waals surface area (Å²) >= 11 is 8.72. The molecule has 3 heterocycles. The lowest BCUT2D eigenvalue weighted by Crippen LogP contribution is -2.38. The number of rotatable bonds is 4. The third-order valence-electron chi connectivity index (χ3n) is 6.05. The Hall–Kier alpha value is -2.54. The van der Waals surface area contributed by atoms with Gasteiger partial charge in [0.05, 0.1) is 10.9 Å². The number of thioether (sulfide) groups is 2. The second-order valence-corrected chi connectivity index (χ2v) is 10.9. The standard InChI is InChI=1S/C24H24N4O2S3/c1-15-18(21(27-9-11-32-12-10-27)26(3)22(29)19(15)14-25)13-20-23(30)28(24(31)33-20)16(2)17-7-5-4-6-8-17/h4-8,13,16H,9-12H2,1-3H3. The van der Waals surface area contributed by atoms with Crippen molar-refractivity contribution in [1.82, 2.24) is 9.47 Å². The number of hydrogen-bond donors (Lipinski definition) is 0. The Labute approximate surface area is 207 Å². The third-order valence-corrected chi connectivity index (χ3v) is 8.32. The van der Waals surface area contributed by atoms with E-state index in [2.05, 4.69) is 11.0 Å². The first-order valence-corrected chi connectivity index (χ1v) is 13.0. The zero-order valence-electron chi connectivity index (χ0n) is 18.7. The Morgan fingerprint density at radius 3 is 2.48 bits per heavy atom. The zero-order valence-corrected chi connectivity index (χ0v) is 21.1. The van der Waals surface area contributed by atoms with E-state index in [-0.39, 0.29) is 23.1 Å². The summed E-state index contributed by atoms with van der Waals surface area (Å²) in [5, 5.41) is 9.64. The highest BCUT2D eigenvalue weighted by molar-refractivity contribution is 8.26. The molecular formula is C24H24N4O2S3. The third kappa shape index (κ3) is 4.35. The van der Waals surface area contributed by atoms with Crippen molar-refractivity contribution in [2.75, 3.05) is 29.5 Å². The zero-order chi connectivity index (χ0) is 23.7. The maximum atomic E-state index is 13.4. The number of hydrogen-bond acceptors (Lipinski definition) is 7. The minimum Gasteiger partial charge on any atom is -0.356 e. The van der Waals surface area contributed by atoms with Crippen molar-refractivity contribution in [2.45, 2.75) is 19.9 Å². The molecule has 2 aromatic rings. The number of benzene rings is 1. The van der Waals surface area contributed by atoms with E-state index in [0.717, 1.165) is 41.5 Å². The molecule has 9 heteroatoms. The van der Waals surface area contributed by atoms with Crippen LogP contribution in [0.25, 0.3) is 6.08 Å². The number of aromatic nitrogens is 1. The molecule has 1 unspecified atom stereocenters. The van der Waals surface area contributed by atoms with E-state index in [1.54, 1.807) is 23.4 Å². The number of anilines is 1. The number of amides is 1. The maximum Gasteiger partial charge on any atom is 0.270 e. The van der Waals surface area contributed by atoms with Gasteiger partial charge in [-0.1, -0.05) is 54.3 Å². The van der Waals surface area contributed by atoms with Gasteiger partial charge < -0.3 is 4.90 Å². The highest BCUT2D eigenvalue weighted by Crippen LogP contribution is 2.39. The van der Waals surface area contributed by atoms with Crippen LogP contribution < -0.4 is 10.5 Å². The maximum absolute atomic E-state index is 13.4. The molecule has 0 bridgehead atoms. The molecule has 2 saturated heterocycles. The van der Waals surface area contributed by atoms with Gasteiger partial charge in [-0.2, -0.15) is 17.0 Å². The summed E-state index contributed by atoms with van der Waals surface area (Å²) in [6.07, 6.45) is 1.81. The minimum atomic E-state index is -0.314. The normalized spacial score (nSPS) is 18.7. The van der Waals surface area contributed by atoms with Gasteiger partial charge in [0.2, 0.25) is 0 Å². The van der Waals surface area contributed by atoms with Gasteiger partial charge in [0.1, 0.15) is 21.8 Å². The predicted molar refractivity (Wildman–Crippen MR) is 141 cm³/mol. The molecule has 0 N–H and O–H groups in total. The van der Waals surface area contributed by atoms with Crippen LogP contribution in [0.15, 0.2) is 40.0 Å². The molecule has 33 heavy (non-hydrogen) atoms. The number of nitriles is 1. The molecule has 1 amide bonds. The lowest BCUT2D eigenvalue weighted by atomic mass is 10.0. The largest absolute Gasteiger partial charge is 0.356 e. The van der Waals surface area contributed by atoms with Crippen molar-refractivity contribution >= 4 is 57.9 Å². The van der Waals surface area contributed by atoms with Crippen molar-refractivity contribution in [3.8, 4) is 6.07 Å². The summed E-state index contributed by atoms with van der Waals surface area (Å²) in [7, 11) is 1.69. The topological polar surface area (TPSA) is 69.3 Å². The van der Waals surface area contributed by atoms with Crippen LogP contribution >= 0.6 is 35.7 Å². The summed E-state index contributed by atoms with van der Waals surface area (Å²) < 4.78 is 2.04. The Kier molecular flexibility index (Phi) is 6.98. The molecule has 1 aromatic carbocycles. The molecule has 1 atom stereocenters. The lowest BCUT2D eigenvalue weighted by molar-refractivity contribution is -0.123. The van der Waals surface area contributed by atoms with Crippen LogP contribution in [0, 0.1) is 18.3 Å². The smallest absolute Gasteiger partial charge is 0.270 e. The molecule has 170 valence electrons. The van der Waals surface area contributed by atoms with Gasteiger partial charge in [-0.05, 0) is 31.1 Å². The fourth-order valence-electron chi connectivity index (χ4n) is 4.19. The van der Waals surface area contributed by atoms with Crippen LogP contribution in [-0.2, 0) is 11.8 Å². The summed E-state index contributed by atoms with van der Waals surface area (Å²) in [5.74, 6) is 2.51. The van der Waals surface area contributed by atoms with Crippen LogP contribution in [0.1, 0.15) is 35.2 Å². The van der Waals surface area contributed by atoms with Crippen LogP contribution in [0.3, 0.4) is 0 Å². The van der Waals surface area contributed by atoms with Crippen molar-refractivity contribution in [3.63, 3.8) is 0 Å². The molecule has 4 rings (SSSR count). The Balaban J connectivity index is 1.81. The molecule has 0 saturated carbocycles. The summed E-state index contributed by atoms with van der Waals surface area (Å²) in [5.41, 5.74) is 2.12. The Morgan fingerprint density at radius 1 is 1.18 bits per heavy atom. The minimum absolute atomic E-state index is 0.104. The van der Waals surface area contributed by atoms with Gasteiger partial charge in [-0.15, -0.1) is 0 Å². The van der Waals surface area contributed by atoms with Gasteiger partial charge in [-0.3, -0.25) is 19.1 Å². The SMILES string of the molecule is Cc1c(C=C2SC(=S)N(C(C)c3ccccc3)C2=O)c(N2CCSCC2)n(C)c(=O)c1C#N. The lowest BCUT2D eigenvalue weighted by Gasteiger charge is -2.32. The van der Waals surface area contributed by atoms with Gasteiger partial charge >= 0.3 is 0 Å². The van der Waals surface area contributed by atoms with E-state index in [1.807, 2.05) is 55.1 Å². The number of carbonyl (C=O) groups is 1. The first-order chi connectivity index (χ1) is 15.8. The average Bonchev–Trinajstić information content (AvgIpc) is 3.11. The summed E-state index contributed by atoms with van der Waals surface area (Å²) in [4.78, 5) is 30.6. The molecule has 1 aromatic heterocycles. The van der Waals surface area contributed by atoms with Gasteiger partial charge in [0.15, 0.2) is 0 Å². The summed E-state index contributed by atoms with van der Waals surface area (Å²) in [6, 6.07) is 11.7. The molecule has 2 fully saturated rings. The number of nitrogens with zero attached hydrogens (tertiary/aromatic N) is 4. The molecule has 2 aliphatic heterocycles. The second kappa shape index (κ2) is 9.75. The Morgan fingerprint density at radius 2 is 1.85 bits per heavy atom. The molecule has 6 nitrogen and oxygen atoms in total. The van der Waals surface area contributed by atoms with Crippen LogP contribution in [0.4, 0.5) is 5.82 Å². The van der Waals surface area contributed by atoms with Crippen molar-refractivity contribution in [1.29, 1.82) is 5.26 Å². The fourth-order valence-corrected chi connectivity index (χ4v) is 6.50. The predicted octanol–water partition coefficient (Wildman–Crippen LogP) is 4.08. The molecule has 0 aliphatic carbocycles. The van der Waals surface area contributed by atoms with Crippen molar-refractivity contribution < 1.29 is 4.79 Å². The van der Waals surface area contributed by atoms with E-state index in [9.17, 15) is 14.9 Å². The molecular weight excluding hydrogens is 472 g/mol.